The summed E-state index contributed by atoms with van der Waals surface area (Å²) < 4.78 is 6.65. The standard InChI is InChI=1S/C24H23N3O3S/c1-4-16-5-9-18(10-6-16)26-21(28)13-27-15(2)25-23-22(24(27)29)20(14-31-23)17-7-11-19(30-3)12-8-17/h5-12,14H,4,13H2,1-3H3,(H,26,28). The lowest BCUT2D eigenvalue weighted by molar-refractivity contribution is -0.116. The highest BCUT2D eigenvalue weighted by atomic mass is 32.1. The molecule has 2 aromatic carbocycles. The molecule has 0 unspecified atom stereocenters. The van der Waals surface area contributed by atoms with E-state index in [0.717, 1.165) is 23.3 Å². The first kappa shape index (κ1) is 20.8. The van der Waals surface area contributed by atoms with Crippen molar-refractivity contribution in [2.24, 2.45) is 0 Å². The topological polar surface area (TPSA) is 73.2 Å². The Morgan fingerprint density at radius 1 is 1.13 bits per heavy atom. The summed E-state index contributed by atoms with van der Waals surface area (Å²) in [6, 6.07) is 15.2. The van der Waals surface area contributed by atoms with Crippen molar-refractivity contribution < 1.29 is 9.53 Å². The van der Waals surface area contributed by atoms with Gasteiger partial charge in [0.2, 0.25) is 5.91 Å². The van der Waals surface area contributed by atoms with E-state index in [-0.39, 0.29) is 18.0 Å². The van der Waals surface area contributed by atoms with Gasteiger partial charge in [-0.1, -0.05) is 31.2 Å². The summed E-state index contributed by atoms with van der Waals surface area (Å²) >= 11 is 1.42. The minimum absolute atomic E-state index is 0.0962. The van der Waals surface area contributed by atoms with Crippen LogP contribution in [0.1, 0.15) is 18.3 Å². The van der Waals surface area contributed by atoms with Crippen LogP contribution in [0.3, 0.4) is 0 Å². The Hall–Kier alpha value is -3.45. The molecule has 0 saturated heterocycles. The zero-order valence-corrected chi connectivity index (χ0v) is 18.5. The summed E-state index contributed by atoms with van der Waals surface area (Å²) in [5.74, 6) is 0.993. The van der Waals surface area contributed by atoms with E-state index in [9.17, 15) is 9.59 Å². The first-order valence-electron chi connectivity index (χ1n) is 10.0. The number of aryl methyl sites for hydroxylation is 2. The van der Waals surface area contributed by atoms with E-state index in [4.69, 9.17) is 4.74 Å². The maximum atomic E-state index is 13.3. The lowest BCUT2D eigenvalue weighted by Crippen LogP contribution is -2.30. The molecule has 0 spiro atoms. The van der Waals surface area contributed by atoms with Crippen molar-refractivity contribution in [2.45, 2.75) is 26.8 Å². The molecule has 31 heavy (non-hydrogen) atoms. The fourth-order valence-corrected chi connectivity index (χ4v) is 4.45. The average molecular weight is 434 g/mol. The third-order valence-corrected chi connectivity index (χ3v) is 6.11. The number of thiophene rings is 1. The molecule has 2 aromatic heterocycles. The number of ether oxygens (including phenoxy) is 1. The summed E-state index contributed by atoms with van der Waals surface area (Å²) in [5.41, 5.74) is 3.40. The van der Waals surface area contributed by atoms with Crippen LogP contribution < -0.4 is 15.6 Å². The number of rotatable bonds is 6. The molecule has 0 bridgehead atoms. The van der Waals surface area contributed by atoms with Crippen LogP contribution in [0.4, 0.5) is 5.69 Å². The summed E-state index contributed by atoms with van der Waals surface area (Å²) in [6.45, 7) is 3.73. The lowest BCUT2D eigenvalue weighted by atomic mass is 10.1. The number of carbonyl (C=O) groups excluding carboxylic acids is 1. The van der Waals surface area contributed by atoms with Gasteiger partial charge in [0.25, 0.3) is 5.56 Å². The number of nitrogens with zero attached hydrogens (tertiary/aromatic N) is 2. The average Bonchev–Trinajstić information content (AvgIpc) is 3.21. The number of anilines is 1. The van der Waals surface area contributed by atoms with Gasteiger partial charge in [-0.3, -0.25) is 14.2 Å². The van der Waals surface area contributed by atoms with Crippen LogP contribution >= 0.6 is 11.3 Å². The molecular weight excluding hydrogens is 410 g/mol. The number of fused-ring (bicyclic) bond motifs is 1. The van der Waals surface area contributed by atoms with Gasteiger partial charge < -0.3 is 10.1 Å². The number of benzene rings is 2. The quantitative estimate of drug-likeness (QED) is 0.481. The Bertz CT molecular complexity index is 1290. The van der Waals surface area contributed by atoms with Crippen molar-refractivity contribution >= 4 is 33.1 Å². The second-order valence-corrected chi connectivity index (χ2v) is 8.07. The predicted molar refractivity (Wildman–Crippen MR) is 125 cm³/mol. The molecule has 7 heteroatoms. The summed E-state index contributed by atoms with van der Waals surface area (Å²) in [7, 11) is 1.61. The van der Waals surface area contributed by atoms with E-state index in [2.05, 4.69) is 17.2 Å². The van der Waals surface area contributed by atoms with Crippen molar-refractivity contribution in [3.8, 4) is 16.9 Å². The third kappa shape index (κ3) is 4.22. The third-order valence-electron chi connectivity index (χ3n) is 5.23. The molecule has 158 valence electrons. The maximum absolute atomic E-state index is 13.3. The summed E-state index contributed by atoms with van der Waals surface area (Å²) in [4.78, 5) is 31.2. The van der Waals surface area contributed by atoms with Gasteiger partial charge in [-0.15, -0.1) is 11.3 Å². The monoisotopic (exact) mass is 433 g/mol. The van der Waals surface area contributed by atoms with E-state index in [1.54, 1.807) is 14.0 Å². The van der Waals surface area contributed by atoms with Crippen LogP contribution in [0.2, 0.25) is 0 Å². The highest BCUT2D eigenvalue weighted by Crippen LogP contribution is 2.32. The molecule has 0 aliphatic carbocycles. The van der Waals surface area contributed by atoms with E-state index in [0.29, 0.717) is 21.7 Å². The summed E-state index contributed by atoms with van der Waals surface area (Å²) in [5, 5.41) is 5.32. The number of aromatic nitrogens is 2. The van der Waals surface area contributed by atoms with Crippen LogP contribution in [0.25, 0.3) is 21.3 Å². The smallest absolute Gasteiger partial charge is 0.263 e. The highest BCUT2D eigenvalue weighted by molar-refractivity contribution is 7.17. The number of amides is 1. The first-order chi connectivity index (χ1) is 15.0. The van der Waals surface area contributed by atoms with Crippen LogP contribution in [0.15, 0.2) is 58.7 Å². The molecular formula is C24H23N3O3S. The lowest BCUT2D eigenvalue weighted by Gasteiger charge is -2.11. The predicted octanol–water partition coefficient (Wildman–Crippen LogP) is 4.64. The minimum atomic E-state index is -0.267. The van der Waals surface area contributed by atoms with Gasteiger partial charge in [0.15, 0.2) is 0 Å². The molecule has 0 radical (unpaired) electrons. The second kappa shape index (κ2) is 8.73. The molecule has 2 heterocycles. The van der Waals surface area contributed by atoms with E-state index < -0.39 is 0 Å². The zero-order valence-electron chi connectivity index (χ0n) is 17.6. The van der Waals surface area contributed by atoms with Crippen LogP contribution in [-0.4, -0.2) is 22.6 Å². The zero-order chi connectivity index (χ0) is 22.0. The summed E-state index contributed by atoms with van der Waals surface area (Å²) in [6.07, 6.45) is 0.936. The van der Waals surface area contributed by atoms with Crippen molar-refractivity contribution in [3.63, 3.8) is 0 Å². The molecule has 0 aliphatic rings. The van der Waals surface area contributed by atoms with Crippen LogP contribution in [-0.2, 0) is 17.8 Å². The molecule has 1 N–H and O–H groups in total. The van der Waals surface area contributed by atoms with Gasteiger partial charge >= 0.3 is 0 Å². The van der Waals surface area contributed by atoms with Gasteiger partial charge in [-0.2, -0.15) is 0 Å². The van der Waals surface area contributed by atoms with Gasteiger partial charge in [0.1, 0.15) is 22.9 Å². The molecule has 0 atom stereocenters. The van der Waals surface area contributed by atoms with Gasteiger partial charge in [-0.05, 0) is 48.7 Å². The number of hydrogen-bond acceptors (Lipinski definition) is 5. The van der Waals surface area contributed by atoms with Crippen molar-refractivity contribution in [3.05, 3.63) is 75.7 Å². The normalized spacial score (nSPS) is 10.9. The van der Waals surface area contributed by atoms with Crippen molar-refractivity contribution in [1.29, 1.82) is 0 Å². The van der Waals surface area contributed by atoms with Crippen LogP contribution in [0, 0.1) is 6.92 Å². The van der Waals surface area contributed by atoms with Gasteiger partial charge in [0, 0.05) is 16.6 Å². The van der Waals surface area contributed by atoms with Crippen LogP contribution in [0.5, 0.6) is 5.75 Å². The SMILES string of the molecule is CCc1ccc(NC(=O)Cn2c(C)nc3scc(-c4ccc(OC)cc4)c3c2=O)cc1. The van der Waals surface area contributed by atoms with Crippen molar-refractivity contribution in [1.82, 2.24) is 9.55 Å². The number of hydrogen-bond donors (Lipinski definition) is 1. The molecule has 0 saturated carbocycles. The molecule has 0 aliphatic heterocycles. The molecule has 1 amide bonds. The molecule has 6 nitrogen and oxygen atoms in total. The maximum Gasteiger partial charge on any atom is 0.263 e. The van der Waals surface area contributed by atoms with Gasteiger partial charge in [-0.25, -0.2) is 4.98 Å². The first-order valence-corrected chi connectivity index (χ1v) is 10.9. The Balaban J connectivity index is 1.65. The highest BCUT2D eigenvalue weighted by Gasteiger charge is 2.17. The largest absolute Gasteiger partial charge is 0.497 e. The van der Waals surface area contributed by atoms with E-state index in [1.165, 1.54) is 21.5 Å². The number of methoxy groups -OCH3 is 1. The molecule has 4 aromatic rings. The molecule has 4 rings (SSSR count). The fraction of sp³-hybridized carbons (Fsp3) is 0.208. The molecule has 0 fully saturated rings. The fourth-order valence-electron chi connectivity index (χ4n) is 3.46. The Labute approximate surface area is 184 Å². The van der Waals surface area contributed by atoms with Gasteiger partial charge in [0.05, 0.1) is 12.5 Å². The Kier molecular flexibility index (Phi) is 5.86. The number of nitrogens with one attached hydrogen (secondary N) is 1. The van der Waals surface area contributed by atoms with E-state index >= 15 is 0 Å². The number of carbonyl (C=O) groups is 1. The van der Waals surface area contributed by atoms with E-state index in [1.807, 2.05) is 53.9 Å². The van der Waals surface area contributed by atoms with Crippen molar-refractivity contribution in [2.75, 3.05) is 12.4 Å². The minimum Gasteiger partial charge on any atom is -0.497 e. The second-order valence-electron chi connectivity index (χ2n) is 7.21. The Morgan fingerprint density at radius 2 is 1.84 bits per heavy atom. The Morgan fingerprint density at radius 3 is 2.48 bits per heavy atom.